The van der Waals surface area contributed by atoms with Crippen LogP contribution in [0.25, 0.3) is 0 Å². The third-order valence-corrected chi connectivity index (χ3v) is 8.97. The van der Waals surface area contributed by atoms with Gasteiger partial charge >= 0.3 is 0 Å². The largest absolute Gasteiger partial charge is 0.493 e. The zero-order valence-electron chi connectivity index (χ0n) is 23.9. The van der Waals surface area contributed by atoms with Crippen LogP contribution in [0, 0.1) is 29.3 Å². The normalized spacial score (nSPS) is 23.9. The van der Waals surface area contributed by atoms with Crippen LogP contribution in [0.1, 0.15) is 107 Å². The second-order valence-corrected chi connectivity index (χ2v) is 11.7. The number of halogens is 3. The number of allylic oxidation sites excluding steroid dienone is 1. The zero-order chi connectivity index (χ0) is 28.5. The van der Waals surface area contributed by atoms with Crippen LogP contribution in [0.2, 0.25) is 0 Å². The Hall–Kier alpha value is -2.47. The summed E-state index contributed by atoms with van der Waals surface area (Å²) in [6.45, 7) is 6.61. The summed E-state index contributed by atoms with van der Waals surface area (Å²) in [6, 6.07) is 8.38. The molecule has 2 fully saturated rings. The van der Waals surface area contributed by atoms with Crippen LogP contribution < -0.4 is 9.47 Å². The van der Waals surface area contributed by atoms with Crippen molar-refractivity contribution in [3.63, 3.8) is 0 Å². The lowest BCUT2D eigenvalue weighted by Crippen LogP contribution is -2.25. The molecule has 4 rings (SSSR count). The number of benzene rings is 2. The fourth-order valence-electron chi connectivity index (χ4n) is 6.51. The molecule has 2 aromatic carbocycles. The number of aliphatic hydroxyl groups excluding tert-OH is 1. The van der Waals surface area contributed by atoms with Crippen LogP contribution >= 0.6 is 0 Å². The molecule has 0 amide bonds. The van der Waals surface area contributed by atoms with Crippen molar-refractivity contribution in [1.29, 1.82) is 0 Å². The highest BCUT2D eigenvalue weighted by atomic mass is 19.2. The van der Waals surface area contributed by atoms with Gasteiger partial charge in [-0.15, -0.1) is 6.58 Å². The maximum absolute atomic E-state index is 15.0. The number of aliphatic hydroxyl groups is 1. The monoisotopic (exact) mass is 558 g/mol. The van der Waals surface area contributed by atoms with Crippen LogP contribution in [0.3, 0.4) is 0 Å². The van der Waals surface area contributed by atoms with Gasteiger partial charge in [-0.05, 0) is 118 Å². The van der Waals surface area contributed by atoms with Gasteiger partial charge in [-0.1, -0.05) is 31.6 Å². The Balaban J connectivity index is 1.25. The summed E-state index contributed by atoms with van der Waals surface area (Å²) in [6.07, 6.45) is 11.6. The highest BCUT2D eigenvalue weighted by Crippen LogP contribution is 2.41. The smallest absolute Gasteiger partial charge is 0.200 e. The topological polar surface area (TPSA) is 38.7 Å². The summed E-state index contributed by atoms with van der Waals surface area (Å²) < 4.78 is 56.2. The molecule has 0 spiro atoms. The third kappa shape index (κ3) is 7.84. The molecule has 220 valence electrons. The van der Waals surface area contributed by atoms with Crippen molar-refractivity contribution in [3.8, 4) is 11.5 Å². The molecule has 2 aliphatic rings. The summed E-state index contributed by atoms with van der Waals surface area (Å²) in [4.78, 5) is 0. The minimum atomic E-state index is -0.909. The summed E-state index contributed by atoms with van der Waals surface area (Å²) in [5.74, 6) is -0.848. The fourth-order valence-corrected chi connectivity index (χ4v) is 6.51. The lowest BCUT2D eigenvalue weighted by Gasteiger charge is -2.32. The Morgan fingerprint density at radius 3 is 2.25 bits per heavy atom. The first kappa shape index (κ1) is 30.5. The molecule has 40 heavy (non-hydrogen) atoms. The zero-order valence-corrected chi connectivity index (χ0v) is 23.9. The van der Waals surface area contributed by atoms with Gasteiger partial charge in [0.1, 0.15) is 11.6 Å². The molecule has 0 aromatic heterocycles. The summed E-state index contributed by atoms with van der Waals surface area (Å²) in [5, 5.41) is 10.3. The van der Waals surface area contributed by atoms with Crippen LogP contribution in [-0.2, 0) is 0 Å². The molecule has 0 saturated heterocycles. The number of unbranched alkanes of at least 4 members (excludes halogenated alkanes) is 1. The highest BCUT2D eigenvalue weighted by Gasteiger charge is 2.30. The van der Waals surface area contributed by atoms with E-state index in [4.69, 9.17) is 9.47 Å². The molecule has 0 bridgehead atoms. The van der Waals surface area contributed by atoms with Gasteiger partial charge in [-0.2, -0.15) is 4.39 Å². The predicted molar refractivity (Wildman–Crippen MR) is 153 cm³/mol. The van der Waals surface area contributed by atoms with Crippen LogP contribution in [0.4, 0.5) is 13.2 Å². The third-order valence-electron chi connectivity index (χ3n) is 8.97. The van der Waals surface area contributed by atoms with E-state index in [9.17, 15) is 13.9 Å². The van der Waals surface area contributed by atoms with Gasteiger partial charge < -0.3 is 14.6 Å². The van der Waals surface area contributed by atoms with Gasteiger partial charge in [0.2, 0.25) is 5.82 Å². The van der Waals surface area contributed by atoms with Crippen molar-refractivity contribution in [3.05, 3.63) is 71.6 Å². The first-order chi connectivity index (χ1) is 19.4. The molecule has 0 aliphatic heterocycles. The van der Waals surface area contributed by atoms with E-state index in [0.29, 0.717) is 24.5 Å². The second kappa shape index (κ2) is 15.0. The molecular weight excluding hydrogens is 513 g/mol. The lowest BCUT2D eigenvalue weighted by atomic mass is 9.76. The molecule has 2 saturated carbocycles. The van der Waals surface area contributed by atoms with Crippen LogP contribution in [0.5, 0.6) is 11.5 Å². The maximum Gasteiger partial charge on any atom is 0.200 e. The molecule has 2 aliphatic carbocycles. The minimum Gasteiger partial charge on any atom is -0.493 e. The molecule has 3 nitrogen and oxygen atoms in total. The van der Waals surface area contributed by atoms with E-state index < -0.39 is 11.6 Å². The van der Waals surface area contributed by atoms with E-state index in [2.05, 4.69) is 13.5 Å². The van der Waals surface area contributed by atoms with Gasteiger partial charge in [0, 0.05) is 6.07 Å². The molecule has 1 atom stereocenters. The highest BCUT2D eigenvalue weighted by molar-refractivity contribution is 5.34. The summed E-state index contributed by atoms with van der Waals surface area (Å²) >= 11 is 0. The van der Waals surface area contributed by atoms with Gasteiger partial charge in [-0.25, -0.2) is 8.78 Å². The number of rotatable bonds is 13. The standard InChI is InChI=1S/C34H45F3O3/c1-3-5-6-20-39-27-16-17-28(30(35)21-27)24-10-8-23(9-11-24)22-40-32-19-18-29(33(36)34(32)37)25-12-14-26(15-13-25)31(38)7-4-2/h3,16-19,21,23-26,31,38H,1,4-15,20,22H2,2H3. The average molecular weight is 559 g/mol. The quantitative estimate of drug-likeness (QED) is 0.197. The molecule has 0 radical (unpaired) electrons. The van der Waals surface area contributed by atoms with E-state index in [1.54, 1.807) is 12.1 Å². The Labute approximate surface area is 237 Å². The van der Waals surface area contributed by atoms with Crippen molar-refractivity contribution >= 4 is 0 Å². The molecule has 2 aromatic rings. The lowest BCUT2D eigenvalue weighted by molar-refractivity contribution is 0.0727. The van der Waals surface area contributed by atoms with Gasteiger partial charge in [0.25, 0.3) is 0 Å². The summed E-state index contributed by atoms with van der Waals surface area (Å²) in [7, 11) is 0. The maximum atomic E-state index is 15.0. The van der Waals surface area contributed by atoms with Crippen LogP contribution in [0.15, 0.2) is 43.0 Å². The molecule has 1 unspecified atom stereocenters. The van der Waals surface area contributed by atoms with E-state index in [1.165, 1.54) is 6.07 Å². The minimum absolute atomic E-state index is 0.0258. The van der Waals surface area contributed by atoms with Crippen molar-refractivity contribution < 1.29 is 27.8 Å². The Kier molecular flexibility index (Phi) is 11.4. The van der Waals surface area contributed by atoms with E-state index in [1.807, 2.05) is 18.2 Å². The SMILES string of the molecule is C=CCCCOc1ccc(C2CCC(COc3ccc(C4CCC(C(O)CCC)CC4)c(F)c3F)CC2)c(F)c1. The first-order valence-electron chi connectivity index (χ1n) is 15.2. The Morgan fingerprint density at radius 2 is 1.57 bits per heavy atom. The number of hydrogen-bond donors (Lipinski definition) is 1. The molecular formula is C34H45F3O3. The van der Waals surface area contributed by atoms with Crippen molar-refractivity contribution in [1.82, 2.24) is 0 Å². The van der Waals surface area contributed by atoms with Gasteiger partial charge in [0.15, 0.2) is 11.6 Å². The van der Waals surface area contributed by atoms with E-state index >= 15 is 4.39 Å². The van der Waals surface area contributed by atoms with Crippen molar-refractivity contribution in [2.24, 2.45) is 11.8 Å². The predicted octanol–water partition coefficient (Wildman–Crippen LogP) is 9.24. The van der Waals surface area contributed by atoms with E-state index in [-0.39, 0.29) is 41.3 Å². The number of ether oxygens (including phenoxy) is 2. The molecule has 6 heteroatoms. The Morgan fingerprint density at radius 1 is 0.900 bits per heavy atom. The average Bonchev–Trinajstić information content (AvgIpc) is 2.97. The van der Waals surface area contributed by atoms with Gasteiger partial charge in [0.05, 0.1) is 19.3 Å². The molecule has 1 N–H and O–H groups in total. The van der Waals surface area contributed by atoms with Crippen LogP contribution in [-0.4, -0.2) is 24.4 Å². The number of hydrogen-bond acceptors (Lipinski definition) is 3. The molecule has 0 heterocycles. The summed E-state index contributed by atoms with van der Waals surface area (Å²) in [5.41, 5.74) is 1.14. The second-order valence-electron chi connectivity index (χ2n) is 11.7. The van der Waals surface area contributed by atoms with Crippen molar-refractivity contribution in [2.75, 3.05) is 13.2 Å². The Bertz CT molecular complexity index is 1090. The van der Waals surface area contributed by atoms with Gasteiger partial charge in [-0.3, -0.25) is 0 Å². The first-order valence-corrected chi connectivity index (χ1v) is 15.2. The fraction of sp³-hybridized carbons (Fsp3) is 0.588. The van der Waals surface area contributed by atoms with E-state index in [0.717, 1.165) is 82.6 Å². The van der Waals surface area contributed by atoms with Crippen molar-refractivity contribution in [2.45, 2.75) is 102 Å².